The third-order valence-corrected chi connectivity index (χ3v) is 4.89. The van der Waals surface area contributed by atoms with Crippen molar-refractivity contribution in [2.75, 3.05) is 12.3 Å². The number of hydrogen-bond donors (Lipinski definition) is 0. The summed E-state index contributed by atoms with van der Waals surface area (Å²) in [7, 11) is 0. The molecule has 1 unspecified atom stereocenters. The van der Waals surface area contributed by atoms with Crippen LogP contribution in [-0.2, 0) is 16.7 Å². The minimum Gasteiger partial charge on any atom is -0.339 e. The predicted octanol–water partition coefficient (Wildman–Crippen LogP) is 4.34. The Morgan fingerprint density at radius 1 is 1.27 bits per heavy atom. The van der Waals surface area contributed by atoms with Crippen molar-refractivity contribution in [2.24, 2.45) is 0 Å². The van der Waals surface area contributed by atoms with Gasteiger partial charge in [-0.3, -0.25) is 4.79 Å². The summed E-state index contributed by atoms with van der Waals surface area (Å²) in [6.07, 6.45) is -1.02. The molecular formula is C16H20F3NOS. The molecule has 0 saturated carbocycles. The summed E-state index contributed by atoms with van der Waals surface area (Å²) in [6, 6.07) is 5.43. The molecule has 0 bridgehead atoms. The van der Waals surface area contributed by atoms with Crippen LogP contribution in [0.25, 0.3) is 0 Å². The van der Waals surface area contributed by atoms with E-state index in [1.165, 1.54) is 30.3 Å². The molecule has 1 heterocycles. The average molecular weight is 331 g/mol. The predicted molar refractivity (Wildman–Crippen MR) is 82.6 cm³/mol. The van der Waals surface area contributed by atoms with Gasteiger partial charge < -0.3 is 4.90 Å². The van der Waals surface area contributed by atoms with Gasteiger partial charge in [0.05, 0.1) is 11.3 Å². The fraction of sp³-hybridized carbons (Fsp3) is 0.562. The molecule has 1 aromatic rings. The molecular weight excluding hydrogens is 311 g/mol. The second-order valence-corrected chi connectivity index (χ2v) is 6.61. The number of likely N-dealkylation sites (tertiary alicyclic amines) is 1. The number of thioether (sulfide) groups is 1. The maximum absolute atomic E-state index is 12.5. The van der Waals surface area contributed by atoms with Crippen LogP contribution in [0.4, 0.5) is 13.2 Å². The van der Waals surface area contributed by atoms with Gasteiger partial charge in [-0.05, 0) is 43.9 Å². The zero-order chi connectivity index (χ0) is 16.2. The van der Waals surface area contributed by atoms with Crippen LogP contribution in [0.2, 0.25) is 0 Å². The summed E-state index contributed by atoms with van der Waals surface area (Å²) in [4.78, 5) is 14.1. The largest absolute Gasteiger partial charge is 0.416 e. The molecule has 1 aliphatic rings. The molecule has 0 aromatic heterocycles. The number of amides is 1. The molecule has 1 aliphatic heterocycles. The average Bonchev–Trinajstić information content (AvgIpc) is 2.47. The Balaban J connectivity index is 1.79. The first kappa shape index (κ1) is 17.2. The van der Waals surface area contributed by atoms with E-state index in [0.29, 0.717) is 17.5 Å². The quantitative estimate of drug-likeness (QED) is 0.818. The lowest BCUT2D eigenvalue weighted by Gasteiger charge is -2.33. The van der Waals surface area contributed by atoms with Crippen LogP contribution in [0.1, 0.15) is 37.3 Å². The van der Waals surface area contributed by atoms with E-state index in [9.17, 15) is 18.0 Å². The summed E-state index contributed by atoms with van der Waals surface area (Å²) in [5.74, 6) is 1.06. The van der Waals surface area contributed by atoms with E-state index in [1.807, 2.05) is 4.90 Å². The fourth-order valence-electron chi connectivity index (χ4n) is 2.60. The van der Waals surface area contributed by atoms with Crippen LogP contribution in [0, 0.1) is 0 Å². The minimum atomic E-state index is -4.30. The van der Waals surface area contributed by atoms with Gasteiger partial charge in [0.1, 0.15) is 0 Å². The Morgan fingerprint density at radius 2 is 1.95 bits per heavy atom. The summed E-state index contributed by atoms with van der Waals surface area (Å²) in [6.45, 7) is 2.89. The van der Waals surface area contributed by atoms with Gasteiger partial charge in [-0.25, -0.2) is 0 Å². The molecule has 1 amide bonds. The Morgan fingerprint density at radius 3 is 2.55 bits per heavy atom. The first-order chi connectivity index (χ1) is 10.4. The van der Waals surface area contributed by atoms with Crippen LogP contribution < -0.4 is 0 Å². The topological polar surface area (TPSA) is 20.3 Å². The molecule has 1 fully saturated rings. The summed E-state index contributed by atoms with van der Waals surface area (Å²) < 4.78 is 37.4. The van der Waals surface area contributed by atoms with E-state index in [4.69, 9.17) is 0 Å². The monoisotopic (exact) mass is 331 g/mol. The van der Waals surface area contributed by atoms with Crippen molar-refractivity contribution >= 4 is 17.7 Å². The van der Waals surface area contributed by atoms with Gasteiger partial charge in [-0.1, -0.05) is 12.1 Å². The lowest BCUT2D eigenvalue weighted by atomic mass is 10.0. The van der Waals surface area contributed by atoms with Gasteiger partial charge in [0.2, 0.25) is 5.91 Å². The first-order valence-corrected chi connectivity index (χ1v) is 8.57. The molecule has 1 aromatic carbocycles. The van der Waals surface area contributed by atoms with Crippen molar-refractivity contribution in [3.05, 3.63) is 35.4 Å². The highest BCUT2D eigenvalue weighted by molar-refractivity contribution is 7.99. The fourth-order valence-corrected chi connectivity index (χ4v) is 3.47. The number of carbonyl (C=O) groups is 1. The van der Waals surface area contributed by atoms with Crippen LogP contribution >= 0.6 is 11.8 Å². The first-order valence-electron chi connectivity index (χ1n) is 7.41. The Kier molecular flexibility index (Phi) is 5.78. The zero-order valence-corrected chi connectivity index (χ0v) is 13.3. The molecule has 0 spiro atoms. The van der Waals surface area contributed by atoms with Gasteiger partial charge in [0.15, 0.2) is 0 Å². The van der Waals surface area contributed by atoms with Crippen molar-refractivity contribution < 1.29 is 18.0 Å². The summed E-state index contributed by atoms with van der Waals surface area (Å²) in [5, 5.41) is 0. The molecule has 1 saturated heterocycles. The number of carbonyl (C=O) groups excluding carboxylic acids is 1. The minimum absolute atomic E-state index is 0.129. The number of nitrogens with zero attached hydrogens (tertiary/aromatic N) is 1. The van der Waals surface area contributed by atoms with E-state index >= 15 is 0 Å². The van der Waals surface area contributed by atoms with Crippen LogP contribution in [0.3, 0.4) is 0 Å². The van der Waals surface area contributed by atoms with Crippen molar-refractivity contribution in [2.45, 2.75) is 44.2 Å². The molecule has 2 nitrogen and oxygen atoms in total. The molecule has 1 atom stereocenters. The lowest BCUT2D eigenvalue weighted by molar-refractivity contribution is -0.137. The molecule has 2 rings (SSSR count). The van der Waals surface area contributed by atoms with E-state index in [1.54, 1.807) is 0 Å². The molecule has 122 valence electrons. The number of benzene rings is 1. The van der Waals surface area contributed by atoms with Crippen molar-refractivity contribution in [3.8, 4) is 0 Å². The number of alkyl halides is 3. The summed E-state index contributed by atoms with van der Waals surface area (Å²) >= 11 is 1.45. The van der Waals surface area contributed by atoms with Gasteiger partial charge in [-0.15, -0.1) is 11.8 Å². The normalized spacial score (nSPS) is 19.3. The Labute approximate surface area is 133 Å². The van der Waals surface area contributed by atoms with Crippen LogP contribution in [0.5, 0.6) is 0 Å². The van der Waals surface area contributed by atoms with Gasteiger partial charge in [0, 0.05) is 18.3 Å². The van der Waals surface area contributed by atoms with Crippen molar-refractivity contribution in [1.82, 2.24) is 4.90 Å². The molecule has 0 radical (unpaired) electrons. The Bertz CT molecular complexity index is 501. The third kappa shape index (κ3) is 4.66. The Hall–Kier alpha value is -1.17. The maximum Gasteiger partial charge on any atom is 0.416 e. The van der Waals surface area contributed by atoms with Crippen LogP contribution in [0.15, 0.2) is 24.3 Å². The second-order valence-electron chi connectivity index (χ2n) is 5.62. The van der Waals surface area contributed by atoms with E-state index in [-0.39, 0.29) is 5.91 Å². The highest BCUT2D eigenvalue weighted by Gasteiger charge is 2.30. The zero-order valence-electron chi connectivity index (χ0n) is 12.5. The molecule has 22 heavy (non-hydrogen) atoms. The third-order valence-electron chi connectivity index (χ3n) is 3.90. The number of halogens is 3. The van der Waals surface area contributed by atoms with Crippen molar-refractivity contribution in [1.29, 1.82) is 0 Å². The number of rotatable bonds is 4. The van der Waals surface area contributed by atoms with Crippen molar-refractivity contribution in [3.63, 3.8) is 0 Å². The SMILES string of the molecule is CC1CCCCN1C(=O)CSCc1ccc(C(F)(F)F)cc1. The van der Waals surface area contributed by atoms with Crippen LogP contribution in [-0.4, -0.2) is 29.1 Å². The molecule has 0 N–H and O–H groups in total. The molecule has 6 heteroatoms. The van der Waals surface area contributed by atoms with E-state index < -0.39 is 11.7 Å². The summed E-state index contributed by atoms with van der Waals surface area (Å²) in [5.41, 5.74) is 0.164. The van der Waals surface area contributed by atoms with E-state index in [0.717, 1.165) is 37.1 Å². The highest BCUT2D eigenvalue weighted by atomic mass is 32.2. The standard InChI is InChI=1S/C16H20F3NOS/c1-12-4-2-3-9-20(12)15(21)11-22-10-13-5-7-14(8-6-13)16(17,18)19/h5-8,12H,2-4,9-11H2,1H3. The maximum atomic E-state index is 12.5. The highest BCUT2D eigenvalue weighted by Crippen LogP contribution is 2.29. The lowest BCUT2D eigenvalue weighted by Crippen LogP contribution is -2.42. The van der Waals surface area contributed by atoms with Gasteiger partial charge in [0.25, 0.3) is 0 Å². The smallest absolute Gasteiger partial charge is 0.339 e. The number of piperidine rings is 1. The number of hydrogen-bond acceptors (Lipinski definition) is 2. The van der Waals surface area contributed by atoms with Gasteiger partial charge >= 0.3 is 6.18 Å². The van der Waals surface area contributed by atoms with Gasteiger partial charge in [-0.2, -0.15) is 13.2 Å². The molecule has 0 aliphatic carbocycles. The second kappa shape index (κ2) is 7.40. The van der Waals surface area contributed by atoms with E-state index in [2.05, 4.69) is 6.92 Å².